The van der Waals surface area contributed by atoms with E-state index in [9.17, 15) is 22.2 Å². The highest BCUT2D eigenvalue weighted by Gasteiger charge is 2.36. The Bertz CT molecular complexity index is 1600. The number of hydrogen-bond acceptors (Lipinski definition) is 4. The molecule has 0 spiro atoms. The van der Waals surface area contributed by atoms with Gasteiger partial charge in [-0.05, 0) is 52.9 Å². The summed E-state index contributed by atoms with van der Waals surface area (Å²) in [6.45, 7) is 0.122. The van der Waals surface area contributed by atoms with E-state index in [0.29, 0.717) is 22.8 Å². The first-order valence-electron chi connectivity index (χ1n) is 10.7. The van der Waals surface area contributed by atoms with Crippen LogP contribution in [0.3, 0.4) is 0 Å². The van der Waals surface area contributed by atoms with Crippen molar-refractivity contribution in [2.24, 2.45) is 10.9 Å². The van der Waals surface area contributed by atoms with E-state index < -0.39 is 39.0 Å². The van der Waals surface area contributed by atoms with Crippen molar-refractivity contribution < 1.29 is 26.6 Å². The lowest BCUT2D eigenvalue weighted by Crippen LogP contribution is -2.18. The van der Waals surface area contributed by atoms with E-state index in [1.807, 2.05) is 0 Å². The summed E-state index contributed by atoms with van der Waals surface area (Å²) in [5, 5.41) is 11.5. The number of nitrogens with zero attached hydrogens (tertiary/aromatic N) is 2. The molecule has 37 heavy (non-hydrogen) atoms. The Kier molecular flexibility index (Phi) is 6.91. The van der Waals surface area contributed by atoms with Crippen LogP contribution in [0, 0.1) is 5.82 Å². The Balaban J connectivity index is 1.71. The normalized spacial score (nSPS) is 13.2. The predicted molar refractivity (Wildman–Crippen MR) is 134 cm³/mol. The Morgan fingerprint density at radius 2 is 1.78 bits per heavy atom. The Labute approximate surface area is 209 Å². The van der Waals surface area contributed by atoms with E-state index in [-0.39, 0.29) is 22.8 Å². The van der Waals surface area contributed by atoms with Crippen molar-refractivity contribution >= 4 is 27.2 Å². The van der Waals surface area contributed by atoms with Crippen molar-refractivity contribution in [1.82, 2.24) is 9.78 Å². The number of carbonyl (C=O) groups is 1. The molecule has 3 aromatic carbocycles. The van der Waals surface area contributed by atoms with Gasteiger partial charge in [0, 0.05) is 12.6 Å². The van der Waals surface area contributed by atoms with Gasteiger partial charge in [0.1, 0.15) is 11.5 Å². The van der Waals surface area contributed by atoms with Gasteiger partial charge < -0.3 is 11.1 Å². The van der Waals surface area contributed by atoms with Gasteiger partial charge in [-0.3, -0.25) is 9.93 Å². The van der Waals surface area contributed by atoms with Crippen LogP contribution >= 0.6 is 0 Å². The molecule has 0 aliphatic heterocycles. The maximum atomic E-state index is 15.0. The predicted octanol–water partition coefficient (Wildman–Crippen LogP) is 4.36. The molecular formula is C25H21F4N5O2S. The van der Waals surface area contributed by atoms with Crippen LogP contribution in [0.5, 0.6) is 0 Å². The van der Waals surface area contributed by atoms with E-state index in [2.05, 4.69) is 16.3 Å². The van der Waals surface area contributed by atoms with E-state index in [1.165, 1.54) is 30.3 Å². The summed E-state index contributed by atoms with van der Waals surface area (Å²) in [6.07, 6.45) is -4.82. The van der Waals surface area contributed by atoms with Gasteiger partial charge in [-0.1, -0.05) is 36.4 Å². The van der Waals surface area contributed by atoms with Gasteiger partial charge in [-0.25, -0.2) is 13.3 Å². The molecule has 4 aromatic rings. The number of anilines is 1. The first-order valence-corrected chi connectivity index (χ1v) is 12.5. The minimum absolute atomic E-state index is 0.122. The molecule has 12 heteroatoms. The van der Waals surface area contributed by atoms with Crippen LogP contribution in [-0.4, -0.2) is 25.8 Å². The molecule has 1 aromatic heterocycles. The van der Waals surface area contributed by atoms with Crippen molar-refractivity contribution in [2.75, 3.05) is 5.32 Å². The molecule has 1 amide bonds. The van der Waals surface area contributed by atoms with Gasteiger partial charge in [-0.2, -0.15) is 18.3 Å². The Hall–Kier alpha value is -4.00. The fourth-order valence-corrected chi connectivity index (χ4v) is 4.54. The number of aromatic nitrogens is 2. The third kappa shape index (κ3) is 5.56. The Morgan fingerprint density at radius 1 is 1.05 bits per heavy atom. The molecule has 7 nitrogen and oxygen atoms in total. The van der Waals surface area contributed by atoms with Crippen LogP contribution in [0.2, 0.25) is 0 Å². The van der Waals surface area contributed by atoms with Crippen molar-refractivity contribution in [2.45, 2.75) is 17.6 Å². The molecule has 0 aliphatic carbocycles. The van der Waals surface area contributed by atoms with E-state index in [1.54, 1.807) is 30.3 Å². The lowest BCUT2D eigenvalue weighted by atomic mass is 10.0. The highest BCUT2D eigenvalue weighted by molar-refractivity contribution is 7.98. The topological polar surface area (TPSA) is 116 Å². The quantitative estimate of drug-likeness (QED) is 0.253. The van der Waals surface area contributed by atoms with Crippen LogP contribution in [-0.2, 0) is 22.4 Å². The number of amides is 1. The number of rotatable bonds is 6. The molecule has 4 rings (SSSR count). The second-order valence-electron chi connectivity index (χ2n) is 8.07. The monoisotopic (exact) mass is 531 g/mol. The summed E-state index contributed by atoms with van der Waals surface area (Å²) in [7, 11) is -3.11. The molecule has 192 valence electrons. The van der Waals surface area contributed by atoms with Crippen molar-refractivity contribution in [3.05, 3.63) is 95.6 Å². The molecule has 0 fully saturated rings. The van der Waals surface area contributed by atoms with Gasteiger partial charge >= 0.3 is 6.18 Å². The summed E-state index contributed by atoms with van der Waals surface area (Å²) in [5.41, 5.74) is 5.06. The van der Waals surface area contributed by atoms with Crippen LogP contribution in [0.1, 0.15) is 21.7 Å². The number of alkyl halides is 3. The maximum absolute atomic E-state index is 15.0. The average Bonchev–Trinajstić information content (AvgIpc) is 3.31. The number of nitrogens with two attached hydrogens (primary N) is 2. The molecular weight excluding hydrogens is 510 g/mol. The molecule has 0 saturated carbocycles. The fraction of sp³-hybridized carbons (Fsp3) is 0.0800. The molecule has 1 unspecified atom stereocenters. The van der Waals surface area contributed by atoms with Crippen LogP contribution < -0.4 is 16.2 Å². The zero-order valence-corrected chi connectivity index (χ0v) is 19.9. The number of hydrogen-bond donors (Lipinski definition) is 3. The van der Waals surface area contributed by atoms with Crippen molar-refractivity contribution in [3.8, 4) is 16.8 Å². The van der Waals surface area contributed by atoms with E-state index in [0.717, 1.165) is 10.7 Å². The smallest absolute Gasteiger partial charge is 0.326 e. The average molecular weight is 532 g/mol. The van der Waals surface area contributed by atoms with Gasteiger partial charge in [-0.15, -0.1) is 0 Å². The highest BCUT2D eigenvalue weighted by Crippen LogP contribution is 2.31. The zero-order valence-electron chi connectivity index (χ0n) is 19.1. The van der Waals surface area contributed by atoms with Crippen LogP contribution in [0.25, 0.3) is 16.8 Å². The number of carbonyl (C=O) groups excluding carboxylic acids is 1. The third-order valence-electron chi connectivity index (χ3n) is 5.41. The second kappa shape index (κ2) is 9.81. The molecule has 0 radical (unpaired) electrons. The first-order chi connectivity index (χ1) is 17.4. The van der Waals surface area contributed by atoms with Gasteiger partial charge in [0.05, 0.1) is 26.0 Å². The van der Waals surface area contributed by atoms with Gasteiger partial charge in [0.15, 0.2) is 5.69 Å². The molecule has 0 aliphatic rings. The summed E-state index contributed by atoms with van der Waals surface area (Å²) in [6, 6.07) is 16.9. The molecule has 1 atom stereocenters. The summed E-state index contributed by atoms with van der Waals surface area (Å²) >= 11 is 0. The third-order valence-corrected chi connectivity index (χ3v) is 6.51. The SMILES string of the molecule is C=S(N)(=O)c1ccccc1-c1ccc(NC(=O)c2cc(C(F)(F)F)nn2-c2cccc(CN)c2)c(F)c1. The summed E-state index contributed by atoms with van der Waals surface area (Å²) in [5.74, 6) is 1.57. The molecule has 1 heterocycles. The molecule has 0 saturated heterocycles. The largest absolute Gasteiger partial charge is 0.435 e. The summed E-state index contributed by atoms with van der Waals surface area (Å²) in [4.78, 5) is 13.2. The van der Waals surface area contributed by atoms with Crippen LogP contribution in [0.15, 0.2) is 77.7 Å². The highest BCUT2D eigenvalue weighted by atomic mass is 32.2. The molecule has 5 N–H and O–H groups in total. The lowest BCUT2D eigenvalue weighted by Gasteiger charge is -2.13. The number of benzene rings is 3. The summed E-state index contributed by atoms with van der Waals surface area (Å²) < 4.78 is 68.3. The minimum atomic E-state index is -4.82. The number of halogens is 4. The maximum Gasteiger partial charge on any atom is 0.435 e. The van der Waals surface area contributed by atoms with Crippen molar-refractivity contribution in [1.29, 1.82) is 0 Å². The van der Waals surface area contributed by atoms with Gasteiger partial charge in [0.2, 0.25) is 0 Å². The second-order valence-corrected chi connectivity index (χ2v) is 9.96. The van der Waals surface area contributed by atoms with Gasteiger partial charge in [0.25, 0.3) is 5.91 Å². The lowest BCUT2D eigenvalue weighted by molar-refractivity contribution is -0.141. The Morgan fingerprint density at radius 3 is 2.43 bits per heavy atom. The first kappa shape index (κ1) is 26.1. The van der Waals surface area contributed by atoms with E-state index >= 15 is 4.39 Å². The van der Waals surface area contributed by atoms with Crippen LogP contribution in [0.4, 0.5) is 23.2 Å². The van der Waals surface area contributed by atoms with E-state index in [4.69, 9.17) is 10.9 Å². The minimum Gasteiger partial charge on any atom is -0.326 e. The molecule has 0 bridgehead atoms. The van der Waals surface area contributed by atoms with Crippen molar-refractivity contribution in [3.63, 3.8) is 0 Å². The zero-order chi connectivity index (χ0) is 27.0. The fourth-order valence-electron chi connectivity index (χ4n) is 3.67. The standard InChI is InChI=1S/C25H21F4N5O2S/c1-37(31,36)22-8-3-2-7-18(22)16-9-10-20(19(26)12-16)32-24(35)21-13-23(25(27,28)29)33-34(21)17-6-4-5-15(11-17)14-30/h2-13H,1,14,30H2,(H2,31,36)(H,32,35). The number of nitrogens with one attached hydrogen (secondary N) is 1.